The molecule has 1 atom stereocenters. The van der Waals surface area contributed by atoms with Gasteiger partial charge in [0.25, 0.3) is 0 Å². The van der Waals surface area contributed by atoms with Crippen molar-refractivity contribution in [2.24, 2.45) is 0 Å². The standard InChI is InChI=1S/C17H17Br2Cl/c1-3-11-5-6-12(4-2)14(9-11)17(20)15-10-13(18)7-8-16(15)19/h5-10,17H,3-4H2,1-2H3. The van der Waals surface area contributed by atoms with Crippen LogP contribution in [0.2, 0.25) is 0 Å². The van der Waals surface area contributed by atoms with Gasteiger partial charge in [-0.2, -0.15) is 0 Å². The third kappa shape index (κ3) is 3.47. The number of halogens is 3. The van der Waals surface area contributed by atoms with E-state index in [0.29, 0.717) is 0 Å². The number of rotatable bonds is 4. The summed E-state index contributed by atoms with van der Waals surface area (Å²) < 4.78 is 2.09. The molecule has 106 valence electrons. The quantitative estimate of drug-likeness (QED) is 0.489. The predicted octanol–water partition coefficient (Wildman–Crippen LogP) is 6.66. The fraction of sp³-hybridized carbons (Fsp3) is 0.294. The molecule has 0 saturated carbocycles. The molecule has 3 heteroatoms. The summed E-state index contributed by atoms with van der Waals surface area (Å²) in [5, 5.41) is -0.136. The largest absolute Gasteiger partial charge is 0.113 e. The van der Waals surface area contributed by atoms with Gasteiger partial charge in [0.05, 0.1) is 5.38 Å². The Bertz CT molecular complexity index is 608. The Morgan fingerprint density at radius 2 is 1.70 bits per heavy atom. The lowest BCUT2D eigenvalue weighted by atomic mass is 9.95. The molecule has 1 unspecified atom stereocenters. The summed E-state index contributed by atoms with van der Waals surface area (Å²) >= 11 is 13.9. The lowest BCUT2D eigenvalue weighted by Crippen LogP contribution is -2.01. The van der Waals surface area contributed by atoms with Crippen molar-refractivity contribution in [2.45, 2.75) is 32.1 Å². The fourth-order valence-electron chi connectivity index (χ4n) is 2.30. The van der Waals surface area contributed by atoms with E-state index in [4.69, 9.17) is 11.6 Å². The molecule has 0 N–H and O–H groups in total. The molecule has 0 spiro atoms. The Kier molecular flexibility index (Phi) is 5.71. The first-order chi connectivity index (χ1) is 9.56. The minimum Gasteiger partial charge on any atom is -0.113 e. The molecule has 0 aliphatic rings. The van der Waals surface area contributed by atoms with Gasteiger partial charge in [-0.05, 0) is 53.3 Å². The van der Waals surface area contributed by atoms with Crippen LogP contribution in [0.25, 0.3) is 0 Å². The van der Waals surface area contributed by atoms with Gasteiger partial charge >= 0.3 is 0 Å². The summed E-state index contributed by atoms with van der Waals surface area (Å²) in [7, 11) is 0. The van der Waals surface area contributed by atoms with Crippen LogP contribution in [0.4, 0.5) is 0 Å². The molecule has 0 saturated heterocycles. The number of benzene rings is 2. The molecule has 0 bridgehead atoms. The topological polar surface area (TPSA) is 0 Å². The molecule has 0 aliphatic heterocycles. The van der Waals surface area contributed by atoms with E-state index in [1.807, 2.05) is 12.1 Å². The first kappa shape index (κ1) is 16.1. The molecule has 2 aromatic rings. The summed E-state index contributed by atoms with van der Waals surface area (Å²) in [6, 6.07) is 12.8. The van der Waals surface area contributed by atoms with Gasteiger partial charge in [-0.15, -0.1) is 11.6 Å². The van der Waals surface area contributed by atoms with Crippen LogP contribution in [0.3, 0.4) is 0 Å². The van der Waals surface area contributed by atoms with Crippen molar-refractivity contribution in [3.63, 3.8) is 0 Å². The molecule has 2 rings (SSSR count). The van der Waals surface area contributed by atoms with Gasteiger partial charge in [0, 0.05) is 8.95 Å². The summed E-state index contributed by atoms with van der Waals surface area (Å²) in [5.74, 6) is 0. The third-order valence-electron chi connectivity index (χ3n) is 3.50. The van der Waals surface area contributed by atoms with Crippen molar-refractivity contribution in [3.8, 4) is 0 Å². The van der Waals surface area contributed by atoms with E-state index < -0.39 is 0 Å². The summed E-state index contributed by atoms with van der Waals surface area (Å²) in [5.41, 5.74) is 4.96. The first-order valence-corrected chi connectivity index (χ1v) is 8.79. The second-order valence-corrected chi connectivity index (χ2v) is 6.98. The van der Waals surface area contributed by atoms with Crippen molar-refractivity contribution in [3.05, 3.63) is 67.6 Å². The van der Waals surface area contributed by atoms with Crippen molar-refractivity contribution >= 4 is 43.5 Å². The molecular formula is C17H17Br2Cl. The van der Waals surface area contributed by atoms with Crippen LogP contribution in [0.5, 0.6) is 0 Å². The van der Waals surface area contributed by atoms with E-state index in [2.05, 4.69) is 70.0 Å². The molecule has 2 aromatic carbocycles. The molecule has 0 radical (unpaired) electrons. The maximum atomic E-state index is 6.77. The van der Waals surface area contributed by atoms with Crippen LogP contribution in [0, 0.1) is 0 Å². The zero-order valence-corrected chi connectivity index (χ0v) is 15.5. The van der Waals surface area contributed by atoms with Crippen LogP contribution in [0.15, 0.2) is 45.3 Å². The number of hydrogen-bond acceptors (Lipinski definition) is 0. The SMILES string of the molecule is CCc1ccc(CC)c(C(Cl)c2cc(Br)ccc2Br)c1. The lowest BCUT2D eigenvalue weighted by Gasteiger charge is -2.17. The normalized spacial score (nSPS) is 12.4. The first-order valence-electron chi connectivity index (χ1n) is 6.77. The molecule has 0 nitrogen and oxygen atoms in total. The van der Waals surface area contributed by atoms with Crippen molar-refractivity contribution in [1.82, 2.24) is 0 Å². The zero-order chi connectivity index (χ0) is 14.7. The molecule has 0 aromatic heterocycles. The van der Waals surface area contributed by atoms with Gasteiger partial charge in [-0.25, -0.2) is 0 Å². The highest BCUT2D eigenvalue weighted by atomic mass is 79.9. The summed E-state index contributed by atoms with van der Waals surface area (Å²) in [6.07, 6.45) is 2.02. The second kappa shape index (κ2) is 7.11. The maximum Gasteiger partial charge on any atom is 0.0849 e. The number of hydrogen-bond donors (Lipinski definition) is 0. The Morgan fingerprint density at radius 1 is 0.950 bits per heavy atom. The van der Waals surface area contributed by atoms with E-state index in [1.54, 1.807) is 0 Å². The Labute approximate surface area is 142 Å². The molecule has 0 aliphatic carbocycles. The highest BCUT2D eigenvalue weighted by Gasteiger charge is 2.17. The average molecular weight is 417 g/mol. The third-order valence-corrected chi connectivity index (χ3v) is 5.19. The minimum absolute atomic E-state index is 0.136. The van der Waals surface area contributed by atoms with Gasteiger partial charge in [-0.3, -0.25) is 0 Å². The van der Waals surface area contributed by atoms with E-state index in [1.165, 1.54) is 16.7 Å². The lowest BCUT2D eigenvalue weighted by molar-refractivity contribution is 1.01. The van der Waals surface area contributed by atoms with E-state index >= 15 is 0 Å². The van der Waals surface area contributed by atoms with Crippen LogP contribution in [-0.4, -0.2) is 0 Å². The minimum atomic E-state index is -0.136. The Morgan fingerprint density at radius 3 is 2.35 bits per heavy atom. The molecule has 0 fully saturated rings. The predicted molar refractivity (Wildman–Crippen MR) is 94.7 cm³/mol. The van der Waals surface area contributed by atoms with Crippen LogP contribution < -0.4 is 0 Å². The van der Waals surface area contributed by atoms with E-state index in [0.717, 1.165) is 27.4 Å². The van der Waals surface area contributed by atoms with Crippen molar-refractivity contribution in [2.75, 3.05) is 0 Å². The van der Waals surface area contributed by atoms with Gasteiger partial charge in [0.1, 0.15) is 0 Å². The van der Waals surface area contributed by atoms with E-state index in [9.17, 15) is 0 Å². The van der Waals surface area contributed by atoms with Crippen LogP contribution in [-0.2, 0) is 12.8 Å². The summed E-state index contributed by atoms with van der Waals surface area (Å²) in [6.45, 7) is 4.34. The maximum absolute atomic E-state index is 6.77. The van der Waals surface area contributed by atoms with Crippen LogP contribution >= 0.6 is 43.5 Å². The van der Waals surface area contributed by atoms with Gasteiger partial charge in [-0.1, -0.05) is 63.9 Å². The fourth-order valence-corrected chi connectivity index (χ4v) is 3.67. The zero-order valence-electron chi connectivity index (χ0n) is 11.6. The van der Waals surface area contributed by atoms with Gasteiger partial charge < -0.3 is 0 Å². The Hall–Kier alpha value is -0.310. The summed E-state index contributed by atoms with van der Waals surface area (Å²) in [4.78, 5) is 0. The van der Waals surface area contributed by atoms with Gasteiger partial charge in [0.2, 0.25) is 0 Å². The molecule has 20 heavy (non-hydrogen) atoms. The smallest absolute Gasteiger partial charge is 0.0849 e. The molecular weight excluding hydrogens is 399 g/mol. The molecule has 0 heterocycles. The monoisotopic (exact) mass is 414 g/mol. The molecule has 0 amide bonds. The van der Waals surface area contributed by atoms with Gasteiger partial charge in [0.15, 0.2) is 0 Å². The average Bonchev–Trinajstić information content (AvgIpc) is 2.48. The van der Waals surface area contributed by atoms with E-state index in [-0.39, 0.29) is 5.38 Å². The second-order valence-electron chi connectivity index (χ2n) is 4.77. The highest BCUT2D eigenvalue weighted by Crippen LogP contribution is 2.37. The highest BCUT2D eigenvalue weighted by molar-refractivity contribution is 9.11. The van der Waals surface area contributed by atoms with Crippen molar-refractivity contribution < 1.29 is 0 Å². The number of aryl methyl sites for hydroxylation is 2. The Balaban J connectivity index is 2.51. The van der Waals surface area contributed by atoms with Crippen molar-refractivity contribution in [1.29, 1.82) is 0 Å². The number of alkyl halides is 1. The van der Waals surface area contributed by atoms with Crippen LogP contribution in [0.1, 0.15) is 41.5 Å².